The van der Waals surface area contributed by atoms with Gasteiger partial charge in [-0.15, -0.1) is 0 Å². The molecule has 0 spiro atoms. The summed E-state index contributed by atoms with van der Waals surface area (Å²) in [6.45, 7) is 6.01. The number of hydrogen-bond donors (Lipinski definition) is 0. The van der Waals surface area contributed by atoms with Gasteiger partial charge in [-0.1, -0.05) is 12.1 Å². The molecule has 2 aromatic carbocycles. The van der Waals surface area contributed by atoms with Crippen molar-refractivity contribution in [2.24, 2.45) is 0 Å². The lowest BCUT2D eigenvalue weighted by atomic mass is 10.1. The van der Waals surface area contributed by atoms with Crippen LogP contribution in [-0.4, -0.2) is 12.9 Å². The topological polar surface area (TPSA) is 35.5 Å². The molecule has 0 saturated carbocycles. The van der Waals surface area contributed by atoms with E-state index in [9.17, 15) is 4.79 Å². The van der Waals surface area contributed by atoms with Crippen molar-refractivity contribution in [3.8, 4) is 11.5 Å². The van der Waals surface area contributed by atoms with Crippen LogP contribution in [0.3, 0.4) is 0 Å². The lowest BCUT2D eigenvalue weighted by Crippen LogP contribution is -2.03. The van der Waals surface area contributed by atoms with Gasteiger partial charge in [0.05, 0.1) is 7.11 Å². The van der Waals surface area contributed by atoms with Crippen molar-refractivity contribution >= 4 is 5.78 Å². The van der Waals surface area contributed by atoms with E-state index in [1.54, 1.807) is 26.2 Å². The summed E-state index contributed by atoms with van der Waals surface area (Å²) in [4.78, 5) is 11.5. The number of methoxy groups -OCH3 is 1. The molecule has 0 aliphatic heterocycles. The Hall–Kier alpha value is -2.29. The van der Waals surface area contributed by atoms with Crippen molar-refractivity contribution in [3.05, 3.63) is 58.7 Å². The van der Waals surface area contributed by atoms with E-state index in [0.29, 0.717) is 12.2 Å². The number of rotatable bonds is 5. The summed E-state index contributed by atoms with van der Waals surface area (Å²) >= 11 is 0. The number of ether oxygens (including phenoxy) is 2. The molecule has 0 aliphatic rings. The van der Waals surface area contributed by atoms with Gasteiger partial charge in [0.2, 0.25) is 0 Å². The zero-order chi connectivity index (χ0) is 15.4. The maximum absolute atomic E-state index is 11.5. The fraction of sp³-hybridized carbons (Fsp3) is 0.278. The second kappa shape index (κ2) is 6.44. The first-order chi connectivity index (χ1) is 10.0. The van der Waals surface area contributed by atoms with Crippen molar-refractivity contribution in [3.63, 3.8) is 0 Å². The molecule has 110 valence electrons. The highest BCUT2D eigenvalue weighted by atomic mass is 16.5. The Kier molecular flexibility index (Phi) is 4.63. The Labute approximate surface area is 125 Å². The molecule has 3 heteroatoms. The minimum Gasteiger partial charge on any atom is -0.496 e. The largest absolute Gasteiger partial charge is 0.496 e. The quantitative estimate of drug-likeness (QED) is 0.776. The van der Waals surface area contributed by atoms with Crippen LogP contribution in [0.1, 0.15) is 34.0 Å². The summed E-state index contributed by atoms with van der Waals surface area (Å²) in [5.74, 6) is 1.61. The first-order valence-corrected chi connectivity index (χ1v) is 6.89. The zero-order valence-electron chi connectivity index (χ0n) is 12.9. The summed E-state index contributed by atoms with van der Waals surface area (Å²) in [7, 11) is 1.62. The molecule has 3 nitrogen and oxygen atoms in total. The number of carbonyl (C=O) groups excluding carboxylic acids is 1. The maximum atomic E-state index is 11.5. The van der Waals surface area contributed by atoms with Crippen molar-refractivity contribution < 1.29 is 14.3 Å². The number of carbonyl (C=O) groups is 1. The fourth-order valence-corrected chi connectivity index (χ4v) is 2.15. The standard InChI is InChI=1S/C18H20O3/c1-12-6-5-7-17(13(12)2)21-11-16-10-15(14(3)19)8-9-18(16)20-4/h5-10H,11H2,1-4H3. The van der Waals surface area contributed by atoms with Crippen molar-refractivity contribution in [2.45, 2.75) is 27.4 Å². The summed E-state index contributed by atoms with van der Waals surface area (Å²) in [5, 5.41) is 0. The molecule has 0 aromatic heterocycles. The van der Waals surface area contributed by atoms with Gasteiger partial charge in [-0.25, -0.2) is 0 Å². The number of ketones is 1. The molecule has 2 rings (SSSR count). The lowest BCUT2D eigenvalue weighted by molar-refractivity contribution is 0.101. The van der Waals surface area contributed by atoms with Crippen LogP contribution < -0.4 is 9.47 Å². The third-order valence-electron chi connectivity index (χ3n) is 3.63. The fourth-order valence-electron chi connectivity index (χ4n) is 2.15. The van der Waals surface area contributed by atoms with E-state index in [-0.39, 0.29) is 5.78 Å². The van der Waals surface area contributed by atoms with E-state index < -0.39 is 0 Å². The van der Waals surface area contributed by atoms with Gasteiger partial charge in [0, 0.05) is 11.1 Å². The van der Waals surface area contributed by atoms with E-state index >= 15 is 0 Å². The minimum absolute atomic E-state index is 0.0330. The highest BCUT2D eigenvalue weighted by Crippen LogP contribution is 2.25. The van der Waals surface area contributed by atoms with Crippen LogP contribution in [0.25, 0.3) is 0 Å². The highest BCUT2D eigenvalue weighted by molar-refractivity contribution is 5.94. The van der Waals surface area contributed by atoms with Gasteiger partial charge >= 0.3 is 0 Å². The number of hydrogen-bond acceptors (Lipinski definition) is 3. The number of Topliss-reactive ketones (excluding diaryl/α,β-unsaturated/α-hetero) is 1. The average Bonchev–Trinajstić information content (AvgIpc) is 2.48. The van der Waals surface area contributed by atoms with Gasteiger partial charge in [0.25, 0.3) is 0 Å². The van der Waals surface area contributed by atoms with Crippen LogP contribution in [-0.2, 0) is 6.61 Å². The molecule has 0 radical (unpaired) electrons. The minimum atomic E-state index is 0.0330. The molecule has 0 fully saturated rings. The number of aryl methyl sites for hydroxylation is 1. The van der Waals surface area contributed by atoms with Crippen LogP contribution >= 0.6 is 0 Å². The second-order valence-corrected chi connectivity index (χ2v) is 5.07. The Morgan fingerprint density at radius 2 is 1.86 bits per heavy atom. The van der Waals surface area contributed by atoms with Crippen LogP contribution in [0.5, 0.6) is 11.5 Å². The molecule has 21 heavy (non-hydrogen) atoms. The monoisotopic (exact) mass is 284 g/mol. The maximum Gasteiger partial charge on any atom is 0.159 e. The highest BCUT2D eigenvalue weighted by Gasteiger charge is 2.09. The molecular formula is C18H20O3. The number of benzene rings is 2. The van der Waals surface area contributed by atoms with E-state index in [4.69, 9.17) is 9.47 Å². The molecule has 0 heterocycles. The van der Waals surface area contributed by atoms with Gasteiger partial charge in [0.1, 0.15) is 18.1 Å². The summed E-state index contributed by atoms with van der Waals surface area (Å²) in [5.41, 5.74) is 3.85. The Morgan fingerprint density at radius 3 is 2.52 bits per heavy atom. The first-order valence-electron chi connectivity index (χ1n) is 6.89. The third kappa shape index (κ3) is 3.43. The molecule has 0 saturated heterocycles. The average molecular weight is 284 g/mol. The smallest absolute Gasteiger partial charge is 0.159 e. The molecule has 0 N–H and O–H groups in total. The van der Waals surface area contributed by atoms with Gasteiger partial charge in [-0.2, -0.15) is 0 Å². The molecular weight excluding hydrogens is 264 g/mol. The van der Waals surface area contributed by atoms with E-state index in [2.05, 4.69) is 13.0 Å². The molecule has 0 atom stereocenters. The van der Waals surface area contributed by atoms with Gasteiger partial charge in [-0.3, -0.25) is 4.79 Å². The first kappa shape index (κ1) is 15.1. The van der Waals surface area contributed by atoms with Gasteiger partial charge < -0.3 is 9.47 Å². The molecule has 0 unspecified atom stereocenters. The predicted molar refractivity (Wildman–Crippen MR) is 83.2 cm³/mol. The summed E-state index contributed by atoms with van der Waals surface area (Å²) in [6.07, 6.45) is 0. The van der Waals surface area contributed by atoms with Crippen LogP contribution in [0, 0.1) is 13.8 Å². The van der Waals surface area contributed by atoms with E-state index in [0.717, 1.165) is 22.6 Å². The van der Waals surface area contributed by atoms with Crippen molar-refractivity contribution in [2.75, 3.05) is 7.11 Å². The van der Waals surface area contributed by atoms with E-state index in [1.807, 2.05) is 25.1 Å². The Balaban J connectivity index is 2.24. The van der Waals surface area contributed by atoms with Crippen LogP contribution in [0.4, 0.5) is 0 Å². The predicted octanol–water partition coefficient (Wildman–Crippen LogP) is 4.09. The Bertz CT molecular complexity index is 660. The van der Waals surface area contributed by atoms with Crippen LogP contribution in [0.2, 0.25) is 0 Å². The normalized spacial score (nSPS) is 10.3. The SMILES string of the molecule is COc1ccc(C(C)=O)cc1COc1cccc(C)c1C. The van der Waals surface area contributed by atoms with Gasteiger partial charge in [0.15, 0.2) is 5.78 Å². The van der Waals surface area contributed by atoms with E-state index in [1.165, 1.54) is 5.56 Å². The summed E-state index contributed by atoms with van der Waals surface area (Å²) in [6, 6.07) is 11.4. The molecule has 0 amide bonds. The third-order valence-corrected chi connectivity index (χ3v) is 3.63. The van der Waals surface area contributed by atoms with Gasteiger partial charge in [-0.05, 0) is 56.2 Å². The summed E-state index contributed by atoms with van der Waals surface area (Å²) < 4.78 is 11.2. The molecule has 0 bridgehead atoms. The van der Waals surface area contributed by atoms with Crippen molar-refractivity contribution in [1.29, 1.82) is 0 Å². The zero-order valence-corrected chi connectivity index (χ0v) is 12.9. The lowest BCUT2D eigenvalue weighted by Gasteiger charge is -2.13. The molecule has 0 aliphatic carbocycles. The molecule has 2 aromatic rings. The second-order valence-electron chi connectivity index (χ2n) is 5.07. The Morgan fingerprint density at radius 1 is 1.10 bits per heavy atom. The van der Waals surface area contributed by atoms with Crippen LogP contribution in [0.15, 0.2) is 36.4 Å². The van der Waals surface area contributed by atoms with Crippen molar-refractivity contribution in [1.82, 2.24) is 0 Å².